The molecule has 2 bridgehead atoms. The molecular weight excluding hydrogens is 743 g/mol. The normalized spacial score (nSPS) is 22.4. The van der Waals surface area contributed by atoms with Gasteiger partial charge in [-0.15, -0.1) is 5.10 Å². The lowest BCUT2D eigenvalue weighted by Crippen LogP contribution is -2.43. The van der Waals surface area contributed by atoms with E-state index in [0.717, 1.165) is 61.7 Å². The number of halogens is 5. The molecule has 1 saturated heterocycles. The Morgan fingerprint density at radius 3 is 2.02 bits per heavy atom. The molecule has 16 heteroatoms. The molecule has 11 nitrogen and oxygen atoms in total. The SMILES string of the molecule is [2H]C([2H])([2H])C([2H])([2H])n1nc(Br)nc1Oc1cc(F)cc(Cl)c1.[2H]C([2H])([2H])C([2H])([2H])n1nc(CC2[C@@H]3CC[C@H]2CN(c2cc(C)ncn2)C3)nc1Oc1cc(F)cc(Cl)c1. The molecule has 0 N–H and O–H groups in total. The fourth-order valence-corrected chi connectivity index (χ4v) is 6.78. The Labute approximate surface area is 314 Å². The third-order valence-corrected chi connectivity index (χ3v) is 8.81. The van der Waals surface area contributed by atoms with Gasteiger partial charge in [0.1, 0.15) is 35.3 Å². The van der Waals surface area contributed by atoms with Crippen molar-refractivity contribution in [2.45, 2.75) is 52.9 Å². The van der Waals surface area contributed by atoms with E-state index in [1.165, 1.54) is 12.1 Å². The average Bonchev–Trinajstić information content (AvgIpc) is 3.74. The fraction of sp³-hybridized carbons (Fsp3) is 0.394. The quantitative estimate of drug-likeness (QED) is 0.146. The van der Waals surface area contributed by atoms with E-state index in [1.807, 2.05) is 13.0 Å². The van der Waals surface area contributed by atoms with Crippen molar-refractivity contribution in [3.8, 4) is 23.5 Å². The number of anilines is 1. The van der Waals surface area contributed by atoms with Crippen molar-refractivity contribution in [1.29, 1.82) is 0 Å². The summed E-state index contributed by atoms with van der Waals surface area (Å²) in [5.41, 5.74) is 0.907. The summed E-state index contributed by atoms with van der Waals surface area (Å²) < 4.78 is 116. The van der Waals surface area contributed by atoms with Gasteiger partial charge in [0.05, 0.1) is 5.48 Å². The van der Waals surface area contributed by atoms with Crippen LogP contribution in [0.3, 0.4) is 0 Å². The number of nitrogens with zero attached hydrogens (tertiary/aromatic N) is 9. The van der Waals surface area contributed by atoms with Crippen molar-refractivity contribution < 1.29 is 32.0 Å². The number of aryl methyl sites for hydroxylation is 3. The maximum atomic E-state index is 13.9. The minimum atomic E-state index is -3.05. The van der Waals surface area contributed by atoms with E-state index in [1.54, 1.807) is 6.33 Å². The molecule has 4 heterocycles. The van der Waals surface area contributed by atoms with Crippen LogP contribution in [0.25, 0.3) is 0 Å². The largest absolute Gasteiger partial charge is 0.424 e. The monoisotopic (exact) mass is 785 g/mol. The zero-order chi connectivity index (χ0) is 43.2. The number of benzene rings is 2. The van der Waals surface area contributed by atoms with Crippen molar-refractivity contribution in [2.75, 3.05) is 18.0 Å². The van der Waals surface area contributed by atoms with E-state index in [2.05, 4.69) is 51.0 Å². The maximum absolute atomic E-state index is 13.9. The molecule has 3 aromatic heterocycles. The molecule has 0 amide bonds. The highest BCUT2D eigenvalue weighted by molar-refractivity contribution is 9.10. The second-order valence-electron chi connectivity index (χ2n) is 11.3. The average molecular weight is 788 g/mol. The second-order valence-corrected chi connectivity index (χ2v) is 12.9. The highest BCUT2D eigenvalue weighted by atomic mass is 79.9. The Kier molecular flexibility index (Phi) is 7.61. The van der Waals surface area contributed by atoms with Gasteiger partial charge in [-0.2, -0.15) is 15.1 Å². The summed E-state index contributed by atoms with van der Waals surface area (Å²) in [6.07, 6.45) is 4.09. The van der Waals surface area contributed by atoms with Gasteiger partial charge >= 0.3 is 12.0 Å². The zero-order valence-electron chi connectivity index (χ0n) is 35.6. The van der Waals surface area contributed by atoms with Gasteiger partial charge in [-0.1, -0.05) is 23.2 Å². The van der Waals surface area contributed by atoms with Crippen LogP contribution in [0.1, 0.15) is 51.8 Å². The first-order chi connectivity index (χ1) is 27.4. The Morgan fingerprint density at radius 2 is 1.45 bits per heavy atom. The molecule has 258 valence electrons. The molecule has 2 aliphatic rings. The van der Waals surface area contributed by atoms with Crippen molar-refractivity contribution in [1.82, 2.24) is 39.5 Å². The summed E-state index contributed by atoms with van der Waals surface area (Å²) in [6.45, 7) is -8.27. The molecule has 0 radical (unpaired) electrons. The number of rotatable bonds is 9. The Balaban J connectivity index is 0.000000227. The molecule has 1 aliphatic carbocycles. The standard InChI is InChI=1S/C23H26ClFN6O.C10H8BrClFN3O/c1-3-31-23(32-19-8-17(24)7-18(25)9-19)28-21(29-31)10-20-15-4-5-16(20)12-30(11-15)22-6-14(2)26-13-27-22;1-2-16-10(14-9(11)15-16)17-8-4-6(12)3-7(13)5-8/h6-9,13,15-16,20H,3-5,10-12H2,1-2H3;3-5H,2H2,1H3/t15-,16+,20?;/i1D3,3D2;1D3,2D2. The molecule has 7 rings (SSSR count). The predicted molar refractivity (Wildman–Crippen MR) is 184 cm³/mol. The summed E-state index contributed by atoms with van der Waals surface area (Å²) >= 11 is 14.5. The van der Waals surface area contributed by atoms with Gasteiger partial charge in [-0.05, 0) is 91.4 Å². The molecule has 1 saturated carbocycles. The minimum absolute atomic E-state index is 0.0416. The smallest absolute Gasteiger partial charge is 0.321 e. The first kappa shape index (κ1) is 24.3. The Hall–Kier alpha value is -3.88. The van der Waals surface area contributed by atoms with Gasteiger partial charge in [0.25, 0.3) is 0 Å². The Bertz CT molecular complexity index is 2260. The number of hydrogen-bond donors (Lipinski definition) is 0. The van der Waals surface area contributed by atoms with Crippen molar-refractivity contribution in [2.24, 2.45) is 17.8 Å². The lowest BCUT2D eigenvalue weighted by atomic mass is 9.82. The van der Waals surface area contributed by atoms with E-state index in [4.69, 9.17) is 46.4 Å². The van der Waals surface area contributed by atoms with Crippen LogP contribution in [0, 0.1) is 36.3 Å². The molecule has 5 aromatic rings. The van der Waals surface area contributed by atoms with Gasteiger partial charge in [-0.3, -0.25) is 0 Å². The van der Waals surface area contributed by atoms with E-state index in [0.29, 0.717) is 27.6 Å². The fourth-order valence-electron chi connectivity index (χ4n) is 6.04. The number of fused-ring (bicyclic) bond motifs is 2. The Morgan fingerprint density at radius 1 is 0.857 bits per heavy atom. The minimum Gasteiger partial charge on any atom is -0.424 e. The number of ether oxygens (including phenoxy) is 2. The first-order valence-electron chi connectivity index (χ1n) is 19.8. The van der Waals surface area contributed by atoms with Gasteiger partial charge in [0.2, 0.25) is 4.73 Å². The van der Waals surface area contributed by atoms with Crippen LogP contribution in [0.2, 0.25) is 10.0 Å². The molecule has 3 atom stereocenters. The van der Waals surface area contributed by atoms with Gasteiger partial charge < -0.3 is 14.4 Å². The molecule has 1 unspecified atom stereocenters. The highest BCUT2D eigenvalue weighted by Crippen LogP contribution is 2.44. The summed E-state index contributed by atoms with van der Waals surface area (Å²) in [7, 11) is 0. The third-order valence-electron chi connectivity index (χ3n) is 8.04. The number of aromatic nitrogens is 8. The number of piperidine rings is 1. The third kappa shape index (κ3) is 8.65. The highest BCUT2D eigenvalue weighted by Gasteiger charge is 2.43. The molecule has 49 heavy (non-hydrogen) atoms. The molecule has 2 fully saturated rings. The van der Waals surface area contributed by atoms with E-state index in [9.17, 15) is 8.78 Å². The van der Waals surface area contributed by atoms with Crippen LogP contribution >= 0.6 is 39.1 Å². The summed E-state index contributed by atoms with van der Waals surface area (Å²) in [4.78, 5) is 19.0. The maximum Gasteiger partial charge on any atom is 0.321 e. The van der Waals surface area contributed by atoms with E-state index < -0.39 is 44.3 Å². The van der Waals surface area contributed by atoms with Gasteiger partial charge in [0, 0.05) is 74.7 Å². The van der Waals surface area contributed by atoms with Crippen LogP contribution < -0.4 is 14.4 Å². The zero-order valence-corrected chi connectivity index (χ0v) is 28.7. The van der Waals surface area contributed by atoms with Crippen LogP contribution in [-0.4, -0.2) is 52.6 Å². The van der Waals surface area contributed by atoms with E-state index in [-0.39, 0.29) is 44.0 Å². The first-order valence-corrected chi connectivity index (χ1v) is 16.4. The van der Waals surface area contributed by atoms with Crippen LogP contribution in [0.4, 0.5) is 14.6 Å². The number of hydrogen-bond acceptors (Lipinski definition) is 9. The van der Waals surface area contributed by atoms with Crippen molar-refractivity contribution in [3.05, 3.63) is 86.7 Å². The summed E-state index contributed by atoms with van der Waals surface area (Å²) in [6, 6.07) is 7.93. The molecule has 0 spiro atoms. The van der Waals surface area contributed by atoms with Crippen molar-refractivity contribution >= 4 is 44.9 Å². The lowest BCUT2D eigenvalue weighted by Gasteiger charge is -2.38. The summed E-state index contributed by atoms with van der Waals surface area (Å²) in [5.74, 6) is 0.678. The van der Waals surface area contributed by atoms with Gasteiger partial charge in [0.15, 0.2) is 5.82 Å². The molecular formula is C33H34BrCl2F2N9O2. The topological polar surface area (TPSA) is 109 Å². The molecule has 2 aromatic carbocycles. The lowest BCUT2D eigenvalue weighted by molar-refractivity contribution is 0.264. The van der Waals surface area contributed by atoms with E-state index >= 15 is 0 Å². The van der Waals surface area contributed by atoms with Crippen LogP contribution in [0.5, 0.6) is 23.5 Å². The van der Waals surface area contributed by atoms with Crippen LogP contribution in [-0.2, 0) is 19.4 Å². The molecule has 1 aliphatic heterocycles. The second kappa shape index (κ2) is 15.3. The van der Waals surface area contributed by atoms with Crippen molar-refractivity contribution in [3.63, 3.8) is 0 Å². The van der Waals surface area contributed by atoms with Crippen LogP contribution in [0.15, 0.2) is 53.5 Å². The summed E-state index contributed by atoms with van der Waals surface area (Å²) in [5, 5.41) is 8.00. The predicted octanol–water partition coefficient (Wildman–Crippen LogP) is 8.33. The van der Waals surface area contributed by atoms with Gasteiger partial charge in [-0.25, -0.2) is 28.1 Å².